The highest BCUT2D eigenvalue weighted by atomic mass is 19.1. The fraction of sp³-hybridized carbons (Fsp3) is 0.300. The highest BCUT2D eigenvalue weighted by molar-refractivity contribution is 5.94. The fourth-order valence-corrected chi connectivity index (χ4v) is 3.77. The number of likely N-dealkylation sites (tertiary alicyclic amines) is 1. The summed E-state index contributed by atoms with van der Waals surface area (Å²) in [4.78, 5) is 24.8. The number of piperidine rings is 1. The van der Waals surface area contributed by atoms with E-state index >= 15 is 0 Å². The number of hydrogen-bond donors (Lipinski definition) is 1. The van der Waals surface area contributed by atoms with Gasteiger partial charge in [-0.2, -0.15) is 0 Å². The first-order valence-electron chi connectivity index (χ1n) is 8.86. The van der Waals surface area contributed by atoms with Crippen molar-refractivity contribution in [3.05, 3.63) is 71.3 Å². The highest BCUT2D eigenvalue weighted by Crippen LogP contribution is 2.41. The topological polar surface area (TPSA) is 53.9 Å². The van der Waals surface area contributed by atoms with Gasteiger partial charge in [0.2, 0.25) is 5.72 Å². The second-order valence-corrected chi connectivity index (χ2v) is 6.78. The number of halogens is 2. The summed E-state index contributed by atoms with van der Waals surface area (Å²) in [5.41, 5.74) is 2.84. The maximum absolute atomic E-state index is 13.4. The maximum Gasteiger partial charge on any atom is 0.253 e. The van der Waals surface area contributed by atoms with Gasteiger partial charge in [-0.1, -0.05) is 12.1 Å². The van der Waals surface area contributed by atoms with Gasteiger partial charge in [0.1, 0.15) is 18.0 Å². The van der Waals surface area contributed by atoms with Crippen molar-refractivity contribution in [2.75, 3.05) is 13.1 Å². The van der Waals surface area contributed by atoms with Gasteiger partial charge in [0.25, 0.3) is 5.91 Å². The Morgan fingerprint density at radius 2 is 1.78 bits per heavy atom. The first kappa shape index (κ1) is 17.6. The van der Waals surface area contributed by atoms with Crippen molar-refractivity contribution in [2.45, 2.75) is 18.6 Å². The molecule has 1 N–H and O–H groups in total. The standard InChI is InChI=1S/C20H19F2N3O2/c21-17-7-3-14(4-8-17)19(26)25-11-1-2-16(12-25)20(23-13-24-27-20)15-5-9-18(22)10-6-15/h3-10,13,16H,1-2,11-12H2,(H,23,24). The molecular formula is C20H19F2N3O2. The second kappa shape index (κ2) is 7.08. The van der Waals surface area contributed by atoms with Crippen LogP contribution in [0.2, 0.25) is 0 Å². The van der Waals surface area contributed by atoms with E-state index in [0.717, 1.165) is 18.4 Å². The summed E-state index contributed by atoms with van der Waals surface area (Å²) in [6.07, 6.45) is 3.08. The Labute approximate surface area is 155 Å². The summed E-state index contributed by atoms with van der Waals surface area (Å²) in [6.45, 7) is 1.05. The van der Waals surface area contributed by atoms with E-state index in [0.29, 0.717) is 18.7 Å². The van der Waals surface area contributed by atoms with Gasteiger partial charge in [-0.3, -0.25) is 10.3 Å². The van der Waals surface area contributed by atoms with Crippen LogP contribution in [0.3, 0.4) is 0 Å². The molecule has 2 unspecified atom stereocenters. The lowest BCUT2D eigenvalue weighted by molar-refractivity contribution is -0.112. The van der Waals surface area contributed by atoms with E-state index in [1.54, 1.807) is 17.0 Å². The number of carbonyl (C=O) groups is 1. The molecule has 0 saturated carbocycles. The van der Waals surface area contributed by atoms with E-state index < -0.39 is 5.72 Å². The molecule has 2 atom stereocenters. The zero-order valence-electron chi connectivity index (χ0n) is 14.6. The number of nitrogens with one attached hydrogen (secondary N) is 1. The summed E-state index contributed by atoms with van der Waals surface area (Å²) in [7, 11) is 0. The predicted molar refractivity (Wildman–Crippen MR) is 95.8 cm³/mol. The molecule has 1 fully saturated rings. The van der Waals surface area contributed by atoms with E-state index in [1.165, 1.54) is 42.7 Å². The summed E-state index contributed by atoms with van der Waals surface area (Å²) >= 11 is 0. The van der Waals surface area contributed by atoms with Crippen molar-refractivity contribution in [3.63, 3.8) is 0 Å². The molecule has 2 aliphatic heterocycles. The third kappa shape index (κ3) is 3.30. The molecule has 0 aliphatic carbocycles. The molecule has 5 nitrogen and oxygen atoms in total. The van der Waals surface area contributed by atoms with Gasteiger partial charge < -0.3 is 4.90 Å². The van der Waals surface area contributed by atoms with Crippen LogP contribution in [-0.4, -0.2) is 30.2 Å². The van der Waals surface area contributed by atoms with Crippen molar-refractivity contribution in [2.24, 2.45) is 10.9 Å². The van der Waals surface area contributed by atoms with E-state index in [9.17, 15) is 13.6 Å². The van der Waals surface area contributed by atoms with Crippen LogP contribution in [0.5, 0.6) is 0 Å². The third-order valence-electron chi connectivity index (χ3n) is 5.13. The van der Waals surface area contributed by atoms with Gasteiger partial charge in [0.05, 0.1) is 0 Å². The summed E-state index contributed by atoms with van der Waals surface area (Å²) < 4.78 is 26.5. The molecule has 140 valence electrons. The number of carbonyl (C=O) groups excluding carboxylic acids is 1. The van der Waals surface area contributed by atoms with Crippen LogP contribution < -0.4 is 5.48 Å². The number of aliphatic imine (C=N–C) groups is 1. The van der Waals surface area contributed by atoms with Crippen molar-refractivity contribution in [1.29, 1.82) is 0 Å². The molecule has 2 aromatic rings. The van der Waals surface area contributed by atoms with Crippen LogP contribution >= 0.6 is 0 Å². The molecule has 0 bridgehead atoms. The Balaban J connectivity index is 1.59. The van der Waals surface area contributed by atoms with Gasteiger partial charge in [0.15, 0.2) is 0 Å². The van der Waals surface area contributed by atoms with E-state index in [1.807, 2.05) is 0 Å². The van der Waals surface area contributed by atoms with Gasteiger partial charge in [-0.25, -0.2) is 18.6 Å². The molecule has 7 heteroatoms. The van der Waals surface area contributed by atoms with Crippen LogP contribution in [0, 0.1) is 17.6 Å². The molecule has 0 radical (unpaired) electrons. The molecule has 1 amide bonds. The highest BCUT2D eigenvalue weighted by Gasteiger charge is 2.46. The summed E-state index contributed by atoms with van der Waals surface area (Å²) in [5.74, 6) is -0.963. The monoisotopic (exact) mass is 371 g/mol. The molecular weight excluding hydrogens is 352 g/mol. The van der Waals surface area contributed by atoms with Crippen LogP contribution in [0.15, 0.2) is 53.5 Å². The average Bonchev–Trinajstić information content (AvgIpc) is 3.20. The van der Waals surface area contributed by atoms with Crippen LogP contribution in [-0.2, 0) is 10.6 Å². The van der Waals surface area contributed by atoms with Gasteiger partial charge >= 0.3 is 0 Å². The van der Waals surface area contributed by atoms with Crippen LogP contribution in [0.4, 0.5) is 8.78 Å². The lowest BCUT2D eigenvalue weighted by atomic mass is 9.83. The largest absolute Gasteiger partial charge is 0.338 e. The zero-order valence-corrected chi connectivity index (χ0v) is 14.6. The minimum absolute atomic E-state index is 0.104. The zero-order chi connectivity index (χ0) is 18.9. The molecule has 2 aromatic carbocycles. The van der Waals surface area contributed by atoms with Crippen molar-refractivity contribution < 1.29 is 18.4 Å². The Bertz CT molecular complexity index is 855. The Hall–Kier alpha value is -2.80. The number of benzene rings is 2. The van der Waals surface area contributed by atoms with Crippen LogP contribution in [0.25, 0.3) is 0 Å². The van der Waals surface area contributed by atoms with Crippen molar-refractivity contribution >= 4 is 12.2 Å². The van der Waals surface area contributed by atoms with Gasteiger partial charge in [0, 0.05) is 30.1 Å². The Morgan fingerprint density at radius 1 is 1.11 bits per heavy atom. The first-order chi connectivity index (χ1) is 13.1. The SMILES string of the molecule is O=C(c1ccc(F)cc1)N1CCCC(C2(c3ccc(F)cc3)N=CNO2)C1. The molecule has 27 heavy (non-hydrogen) atoms. The fourth-order valence-electron chi connectivity index (χ4n) is 3.77. The molecule has 1 saturated heterocycles. The number of amides is 1. The van der Waals surface area contributed by atoms with E-state index in [2.05, 4.69) is 10.5 Å². The minimum Gasteiger partial charge on any atom is -0.338 e. The number of hydroxylamine groups is 1. The van der Waals surface area contributed by atoms with Crippen LogP contribution in [0.1, 0.15) is 28.8 Å². The van der Waals surface area contributed by atoms with E-state index in [-0.39, 0.29) is 23.5 Å². The average molecular weight is 371 g/mol. The summed E-state index contributed by atoms with van der Waals surface area (Å²) in [5, 5.41) is 0. The lowest BCUT2D eigenvalue weighted by Gasteiger charge is -2.40. The summed E-state index contributed by atoms with van der Waals surface area (Å²) in [6, 6.07) is 11.6. The van der Waals surface area contributed by atoms with Crippen molar-refractivity contribution in [1.82, 2.24) is 10.4 Å². The molecule has 0 aromatic heterocycles. The quantitative estimate of drug-likeness (QED) is 0.901. The molecule has 4 rings (SSSR count). The van der Waals surface area contributed by atoms with Gasteiger partial charge in [-0.05, 0) is 49.2 Å². The maximum atomic E-state index is 13.4. The van der Waals surface area contributed by atoms with Crippen molar-refractivity contribution in [3.8, 4) is 0 Å². The third-order valence-corrected chi connectivity index (χ3v) is 5.13. The predicted octanol–water partition coefficient (Wildman–Crippen LogP) is 3.23. The normalized spacial score (nSPS) is 24.7. The minimum atomic E-state index is -1.00. The van der Waals surface area contributed by atoms with Gasteiger partial charge in [-0.15, -0.1) is 0 Å². The Kier molecular flexibility index (Phi) is 4.61. The molecule has 0 spiro atoms. The Morgan fingerprint density at radius 3 is 2.41 bits per heavy atom. The van der Waals surface area contributed by atoms with E-state index in [4.69, 9.17) is 4.84 Å². The first-order valence-corrected chi connectivity index (χ1v) is 8.86. The molecule has 2 heterocycles. The lowest BCUT2D eigenvalue weighted by Crippen LogP contribution is -2.48. The smallest absolute Gasteiger partial charge is 0.253 e. The number of nitrogens with zero attached hydrogens (tertiary/aromatic N) is 2. The number of hydrogen-bond acceptors (Lipinski definition) is 4. The molecule has 2 aliphatic rings. The number of rotatable bonds is 3. The second-order valence-electron chi connectivity index (χ2n) is 6.78.